The van der Waals surface area contributed by atoms with Crippen molar-refractivity contribution >= 4 is 15.7 Å². The Morgan fingerprint density at radius 1 is 1.17 bits per heavy atom. The molecule has 1 aliphatic rings. The first-order valence-corrected chi connectivity index (χ1v) is 10.7. The second-order valence-corrected chi connectivity index (χ2v) is 8.73. The number of hydrogen-bond acceptors (Lipinski definition) is 5. The van der Waals surface area contributed by atoms with Crippen LogP contribution in [0.25, 0.3) is 11.5 Å². The number of anilines is 1. The molecule has 0 radical (unpaired) electrons. The van der Waals surface area contributed by atoms with Crippen LogP contribution in [0.3, 0.4) is 0 Å². The van der Waals surface area contributed by atoms with Crippen LogP contribution >= 0.6 is 0 Å². The zero-order valence-electron chi connectivity index (χ0n) is 16.2. The minimum atomic E-state index is -4.20. The van der Waals surface area contributed by atoms with E-state index in [2.05, 4.69) is 14.9 Å². The van der Waals surface area contributed by atoms with E-state index in [0.29, 0.717) is 35.4 Å². The van der Waals surface area contributed by atoms with Crippen molar-refractivity contribution in [2.45, 2.75) is 51.0 Å². The van der Waals surface area contributed by atoms with Crippen LogP contribution in [0.2, 0.25) is 0 Å². The highest BCUT2D eigenvalue weighted by atomic mass is 32.2. The van der Waals surface area contributed by atoms with Gasteiger partial charge in [-0.3, -0.25) is 4.72 Å². The maximum Gasteiger partial charge on any atom is 0.264 e. The van der Waals surface area contributed by atoms with Gasteiger partial charge in [0, 0.05) is 29.9 Å². The summed E-state index contributed by atoms with van der Waals surface area (Å²) in [6.45, 7) is 5.85. The van der Waals surface area contributed by atoms with Crippen molar-refractivity contribution in [1.29, 1.82) is 0 Å². The number of sulfonamides is 1. The third-order valence-electron chi connectivity index (χ3n) is 5.03. The molecule has 0 saturated heterocycles. The summed E-state index contributed by atoms with van der Waals surface area (Å²) in [5.41, 5.74) is 1.21. The van der Waals surface area contributed by atoms with Crippen LogP contribution in [-0.4, -0.2) is 23.1 Å². The summed E-state index contributed by atoms with van der Waals surface area (Å²) in [6.07, 6.45) is 1.95. The predicted molar refractivity (Wildman–Crippen MR) is 102 cm³/mol. The highest BCUT2D eigenvalue weighted by molar-refractivity contribution is 7.93. The van der Waals surface area contributed by atoms with Gasteiger partial charge >= 0.3 is 0 Å². The van der Waals surface area contributed by atoms with Crippen LogP contribution in [0.4, 0.5) is 14.5 Å². The third kappa shape index (κ3) is 3.52. The van der Waals surface area contributed by atoms with E-state index in [4.69, 9.17) is 4.52 Å². The first-order valence-electron chi connectivity index (χ1n) is 9.23. The number of rotatable bonds is 6. The molecule has 4 rings (SSSR count). The molecule has 154 valence electrons. The second kappa shape index (κ2) is 6.94. The normalized spacial score (nSPS) is 14.4. The largest absolute Gasteiger partial charge is 0.347 e. The van der Waals surface area contributed by atoms with E-state index in [1.807, 2.05) is 11.5 Å². The lowest BCUT2D eigenvalue weighted by atomic mass is 10.2. The maximum absolute atomic E-state index is 13.5. The molecule has 1 aromatic carbocycles. The fraction of sp³-hybridized carbons (Fsp3) is 0.368. The van der Waals surface area contributed by atoms with Gasteiger partial charge in [0.25, 0.3) is 15.9 Å². The van der Waals surface area contributed by atoms with E-state index in [1.54, 1.807) is 13.8 Å². The summed E-state index contributed by atoms with van der Waals surface area (Å²) in [7, 11) is -4.20. The summed E-state index contributed by atoms with van der Waals surface area (Å²) in [5.74, 6) is -0.841. The Balaban J connectivity index is 1.84. The van der Waals surface area contributed by atoms with E-state index in [9.17, 15) is 17.2 Å². The van der Waals surface area contributed by atoms with E-state index >= 15 is 0 Å². The van der Waals surface area contributed by atoms with Crippen molar-refractivity contribution < 1.29 is 21.7 Å². The lowest BCUT2D eigenvalue weighted by Crippen LogP contribution is -2.15. The number of nitrogens with zero attached hydrogens (tertiary/aromatic N) is 3. The molecule has 2 aromatic heterocycles. The summed E-state index contributed by atoms with van der Waals surface area (Å²) in [4.78, 5) is 4.35. The van der Waals surface area contributed by atoms with E-state index in [-0.39, 0.29) is 22.4 Å². The third-order valence-corrected chi connectivity index (χ3v) is 6.57. The van der Waals surface area contributed by atoms with Crippen LogP contribution in [0.15, 0.2) is 27.6 Å². The second-order valence-electron chi connectivity index (χ2n) is 7.11. The molecule has 1 N–H and O–H groups in total. The zero-order valence-corrected chi connectivity index (χ0v) is 17.0. The Morgan fingerprint density at radius 2 is 1.83 bits per heavy atom. The number of hydrogen-bond donors (Lipinski definition) is 1. The first kappa shape index (κ1) is 19.6. The average Bonchev–Trinajstić information content (AvgIpc) is 3.29. The van der Waals surface area contributed by atoms with Gasteiger partial charge < -0.3 is 9.09 Å². The highest BCUT2D eigenvalue weighted by Crippen LogP contribution is 2.41. The minimum Gasteiger partial charge on any atom is -0.347 e. The number of aromatic nitrogens is 3. The molecule has 0 spiro atoms. The molecule has 1 fully saturated rings. The molecule has 29 heavy (non-hydrogen) atoms. The van der Waals surface area contributed by atoms with Gasteiger partial charge in [-0.2, -0.15) is 4.98 Å². The van der Waals surface area contributed by atoms with Crippen molar-refractivity contribution in [3.63, 3.8) is 0 Å². The van der Waals surface area contributed by atoms with Gasteiger partial charge in [-0.15, -0.1) is 0 Å². The van der Waals surface area contributed by atoms with Crippen molar-refractivity contribution in [2.24, 2.45) is 0 Å². The molecule has 10 heteroatoms. The van der Waals surface area contributed by atoms with Crippen LogP contribution in [-0.2, 0) is 16.6 Å². The summed E-state index contributed by atoms with van der Waals surface area (Å²) in [5, 5.41) is 3.98. The summed E-state index contributed by atoms with van der Waals surface area (Å²) in [6, 6.07) is 2.50. The minimum absolute atomic E-state index is 0.0486. The van der Waals surface area contributed by atoms with E-state index in [1.165, 1.54) is 0 Å². The van der Waals surface area contributed by atoms with Crippen LogP contribution < -0.4 is 4.72 Å². The van der Waals surface area contributed by atoms with Crippen molar-refractivity contribution in [1.82, 2.24) is 14.7 Å². The molecule has 0 amide bonds. The molecular formula is C19H20F2N4O3S. The molecule has 0 unspecified atom stereocenters. The summed E-state index contributed by atoms with van der Waals surface area (Å²) < 4.78 is 62.9. The van der Waals surface area contributed by atoms with Crippen molar-refractivity contribution in [3.8, 4) is 11.5 Å². The number of halogens is 2. The van der Waals surface area contributed by atoms with E-state index in [0.717, 1.165) is 25.0 Å². The van der Waals surface area contributed by atoms with Gasteiger partial charge in [-0.25, -0.2) is 17.2 Å². The topological polar surface area (TPSA) is 90.0 Å². The molecule has 0 bridgehead atoms. The van der Waals surface area contributed by atoms with Gasteiger partial charge in [0.2, 0.25) is 0 Å². The lowest BCUT2D eigenvalue weighted by molar-refractivity contribution is 0.421. The molecule has 0 aliphatic heterocycles. The molecule has 0 atom stereocenters. The maximum atomic E-state index is 13.5. The summed E-state index contributed by atoms with van der Waals surface area (Å²) >= 11 is 0. The van der Waals surface area contributed by atoms with Gasteiger partial charge in [-0.05, 0) is 45.7 Å². The predicted octanol–water partition coefficient (Wildman–Crippen LogP) is 4.13. The van der Waals surface area contributed by atoms with Gasteiger partial charge in [0.1, 0.15) is 16.5 Å². The van der Waals surface area contributed by atoms with E-state index < -0.39 is 21.7 Å². The fourth-order valence-corrected chi connectivity index (χ4v) is 5.11. The van der Waals surface area contributed by atoms with Crippen LogP contribution in [0.5, 0.6) is 0 Å². The Kier molecular flexibility index (Phi) is 4.68. The molecule has 1 aliphatic carbocycles. The Hall–Kier alpha value is -2.75. The van der Waals surface area contributed by atoms with Crippen LogP contribution in [0.1, 0.15) is 42.9 Å². The highest BCUT2D eigenvalue weighted by Gasteiger charge is 2.34. The average molecular weight is 422 g/mol. The Morgan fingerprint density at radius 3 is 2.41 bits per heavy atom. The SMILES string of the molecule is CCn1c(C)c(-c2nc(C3CC3)no2)c(S(=O)(=O)Nc2cc(F)cc(F)c2)c1C. The Labute approximate surface area is 166 Å². The molecular weight excluding hydrogens is 402 g/mol. The standard InChI is InChI=1S/C19H20F2N4O3S/c1-4-25-10(2)16(19-22-18(23-28-19)12-5-6-12)17(11(25)3)29(26,27)24-15-8-13(20)7-14(21)9-15/h7-9,12,24H,4-6H2,1-3H3. The van der Waals surface area contributed by atoms with Gasteiger partial charge in [0.05, 0.1) is 11.3 Å². The van der Waals surface area contributed by atoms with Crippen LogP contribution in [0, 0.1) is 25.5 Å². The molecule has 1 saturated carbocycles. The molecule has 7 nitrogen and oxygen atoms in total. The zero-order chi connectivity index (χ0) is 20.9. The molecule has 2 heterocycles. The fourth-order valence-electron chi connectivity index (χ4n) is 3.57. The first-order chi connectivity index (χ1) is 13.7. The molecule has 3 aromatic rings. The quantitative estimate of drug-likeness (QED) is 0.645. The lowest BCUT2D eigenvalue weighted by Gasteiger charge is -2.10. The smallest absolute Gasteiger partial charge is 0.264 e. The number of benzene rings is 1. The van der Waals surface area contributed by atoms with Gasteiger partial charge in [0.15, 0.2) is 5.82 Å². The number of nitrogens with one attached hydrogen (secondary N) is 1. The monoisotopic (exact) mass is 422 g/mol. The van der Waals surface area contributed by atoms with Gasteiger partial charge in [-0.1, -0.05) is 5.16 Å². The van der Waals surface area contributed by atoms with Crippen molar-refractivity contribution in [3.05, 3.63) is 47.0 Å². The van der Waals surface area contributed by atoms with Crippen molar-refractivity contribution in [2.75, 3.05) is 4.72 Å². The Bertz CT molecular complexity index is 1180.